The third kappa shape index (κ3) is 1.29. The van der Waals surface area contributed by atoms with E-state index in [-0.39, 0.29) is 0 Å². The largest absolute Gasteiger partial charge is 0.453 e. The zero-order valence-corrected chi connectivity index (χ0v) is 7.94. The van der Waals surface area contributed by atoms with E-state index in [4.69, 9.17) is 15.2 Å². The van der Waals surface area contributed by atoms with Crippen molar-refractivity contribution in [1.82, 2.24) is 0 Å². The smallest absolute Gasteiger partial charge is 0.191 e. The second kappa shape index (κ2) is 2.92. The highest BCUT2D eigenvalue weighted by Crippen LogP contribution is 2.33. The number of hydrogen-bond acceptors (Lipinski definition) is 3. The molecule has 3 nitrogen and oxygen atoms in total. The molecule has 0 unspecified atom stereocenters. The van der Waals surface area contributed by atoms with Gasteiger partial charge in [0.05, 0.1) is 0 Å². The zero-order chi connectivity index (χ0) is 10.3. The van der Waals surface area contributed by atoms with Crippen LogP contribution in [0, 0.1) is 0 Å². The Bertz CT molecular complexity index is 512. The van der Waals surface area contributed by atoms with Crippen LogP contribution in [0.3, 0.4) is 0 Å². The van der Waals surface area contributed by atoms with Crippen LogP contribution in [-0.2, 0) is 4.74 Å². The number of hydrogen-bond donors (Lipinski definition) is 1. The van der Waals surface area contributed by atoms with Crippen molar-refractivity contribution < 1.29 is 9.47 Å². The SMILES string of the molecule is NC1=CC=C2Oc3ccccc3C=C2O1. The fraction of sp³-hybridized carbons (Fsp3) is 0. The Hall–Kier alpha value is -2.16. The number of para-hydroxylation sites is 1. The Kier molecular flexibility index (Phi) is 1.59. The summed E-state index contributed by atoms with van der Waals surface area (Å²) in [7, 11) is 0. The lowest BCUT2D eigenvalue weighted by Crippen LogP contribution is -2.14. The molecule has 0 spiro atoms. The molecule has 3 rings (SSSR count). The quantitative estimate of drug-likeness (QED) is 0.696. The van der Waals surface area contributed by atoms with Crippen LogP contribution in [0.15, 0.2) is 53.8 Å². The van der Waals surface area contributed by atoms with Crippen molar-refractivity contribution in [1.29, 1.82) is 0 Å². The van der Waals surface area contributed by atoms with Crippen LogP contribution in [0.25, 0.3) is 6.08 Å². The average Bonchev–Trinajstić information content (AvgIpc) is 2.26. The van der Waals surface area contributed by atoms with Gasteiger partial charge in [0.25, 0.3) is 0 Å². The van der Waals surface area contributed by atoms with Crippen molar-refractivity contribution in [3.8, 4) is 5.75 Å². The Morgan fingerprint density at radius 1 is 0.933 bits per heavy atom. The number of benzene rings is 1. The van der Waals surface area contributed by atoms with E-state index in [1.54, 1.807) is 12.2 Å². The lowest BCUT2D eigenvalue weighted by molar-refractivity contribution is 0.263. The van der Waals surface area contributed by atoms with E-state index >= 15 is 0 Å². The molecule has 0 aromatic heterocycles. The molecule has 0 bridgehead atoms. The fourth-order valence-electron chi connectivity index (χ4n) is 1.59. The third-order valence-electron chi connectivity index (χ3n) is 2.30. The van der Waals surface area contributed by atoms with Crippen LogP contribution >= 0.6 is 0 Å². The van der Waals surface area contributed by atoms with Crippen LogP contribution in [0.4, 0.5) is 0 Å². The highest BCUT2D eigenvalue weighted by atomic mass is 16.5. The van der Waals surface area contributed by atoms with Crippen molar-refractivity contribution in [2.45, 2.75) is 0 Å². The van der Waals surface area contributed by atoms with Gasteiger partial charge in [0.15, 0.2) is 17.4 Å². The van der Waals surface area contributed by atoms with E-state index in [0.29, 0.717) is 17.4 Å². The molecule has 74 valence electrons. The first kappa shape index (κ1) is 8.17. The summed E-state index contributed by atoms with van der Waals surface area (Å²) in [5, 5.41) is 0. The normalized spacial score (nSPS) is 17.2. The topological polar surface area (TPSA) is 44.5 Å². The van der Waals surface area contributed by atoms with Crippen molar-refractivity contribution in [2.24, 2.45) is 5.73 Å². The second-order valence-electron chi connectivity index (χ2n) is 3.35. The van der Waals surface area contributed by atoms with E-state index in [1.807, 2.05) is 30.3 Å². The molecule has 0 aliphatic carbocycles. The molecule has 3 heteroatoms. The highest BCUT2D eigenvalue weighted by Gasteiger charge is 2.20. The Labute approximate surface area is 87.1 Å². The summed E-state index contributed by atoms with van der Waals surface area (Å²) in [6, 6.07) is 7.78. The number of ether oxygens (including phenoxy) is 2. The highest BCUT2D eigenvalue weighted by molar-refractivity contribution is 5.66. The summed E-state index contributed by atoms with van der Waals surface area (Å²) >= 11 is 0. The maximum absolute atomic E-state index is 5.65. The standard InChI is InChI=1S/C12H9NO2/c13-12-6-5-10-11(15-12)7-8-3-1-2-4-9(8)14-10/h1-7H,13H2. The molecule has 2 heterocycles. The van der Waals surface area contributed by atoms with Crippen molar-refractivity contribution in [3.63, 3.8) is 0 Å². The summed E-state index contributed by atoms with van der Waals surface area (Å²) in [4.78, 5) is 0. The lowest BCUT2D eigenvalue weighted by atomic mass is 10.1. The van der Waals surface area contributed by atoms with Crippen molar-refractivity contribution in [2.75, 3.05) is 0 Å². The van der Waals surface area contributed by atoms with E-state index in [9.17, 15) is 0 Å². The predicted octanol–water partition coefficient (Wildman–Crippen LogP) is 2.13. The Balaban J connectivity index is 2.11. The molecule has 15 heavy (non-hydrogen) atoms. The first-order valence-corrected chi connectivity index (χ1v) is 4.67. The molecular weight excluding hydrogens is 190 g/mol. The van der Waals surface area contributed by atoms with E-state index < -0.39 is 0 Å². The van der Waals surface area contributed by atoms with Crippen LogP contribution < -0.4 is 10.5 Å². The molecule has 2 aliphatic rings. The molecule has 0 amide bonds. The van der Waals surface area contributed by atoms with Gasteiger partial charge < -0.3 is 15.2 Å². The molecule has 2 N–H and O–H groups in total. The van der Waals surface area contributed by atoms with Gasteiger partial charge >= 0.3 is 0 Å². The Morgan fingerprint density at radius 2 is 1.80 bits per heavy atom. The van der Waals surface area contributed by atoms with Gasteiger partial charge in [0.1, 0.15) is 5.75 Å². The molecule has 1 aromatic carbocycles. The van der Waals surface area contributed by atoms with Crippen LogP contribution in [0.5, 0.6) is 5.75 Å². The Morgan fingerprint density at radius 3 is 2.73 bits per heavy atom. The summed E-state index contributed by atoms with van der Waals surface area (Å²) < 4.78 is 11.0. The lowest BCUT2D eigenvalue weighted by Gasteiger charge is -2.22. The molecule has 0 atom stereocenters. The first-order chi connectivity index (χ1) is 7.33. The van der Waals surface area contributed by atoms with Crippen molar-refractivity contribution in [3.05, 3.63) is 59.4 Å². The summed E-state index contributed by atoms with van der Waals surface area (Å²) in [6.07, 6.45) is 5.41. The van der Waals surface area contributed by atoms with Gasteiger partial charge in [-0.15, -0.1) is 0 Å². The van der Waals surface area contributed by atoms with E-state index in [1.165, 1.54) is 0 Å². The molecular formula is C12H9NO2. The molecule has 0 radical (unpaired) electrons. The summed E-state index contributed by atoms with van der Waals surface area (Å²) in [5.41, 5.74) is 6.56. The molecule has 1 aromatic rings. The first-order valence-electron chi connectivity index (χ1n) is 4.67. The molecule has 2 aliphatic heterocycles. The van der Waals surface area contributed by atoms with Crippen LogP contribution in [-0.4, -0.2) is 0 Å². The van der Waals surface area contributed by atoms with Gasteiger partial charge in [0, 0.05) is 11.6 Å². The fourth-order valence-corrected chi connectivity index (χ4v) is 1.59. The van der Waals surface area contributed by atoms with Gasteiger partial charge in [-0.25, -0.2) is 0 Å². The third-order valence-corrected chi connectivity index (χ3v) is 2.30. The number of allylic oxidation sites excluding steroid dienone is 2. The molecule has 0 fully saturated rings. The van der Waals surface area contributed by atoms with Crippen LogP contribution in [0.2, 0.25) is 0 Å². The maximum Gasteiger partial charge on any atom is 0.191 e. The minimum Gasteiger partial charge on any atom is -0.453 e. The number of nitrogens with two attached hydrogens (primary N) is 1. The monoisotopic (exact) mass is 199 g/mol. The predicted molar refractivity (Wildman–Crippen MR) is 56.5 cm³/mol. The minimum absolute atomic E-state index is 0.382. The van der Waals surface area contributed by atoms with Crippen molar-refractivity contribution >= 4 is 6.08 Å². The van der Waals surface area contributed by atoms with Crippen LogP contribution in [0.1, 0.15) is 5.56 Å². The summed E-state index contributed by atoms with van der Waals surface area (Å²) in [5.74, 6) is 2.58. The van der Waals surface area contributed by atoms with Gasteiger partial charge in [-0.2, -0.15) is 0 Å². The van der Waals surface area contributed by atoms with E-state index in [2.05, 4.69) is 0 Å². The molecule has 0 saturated carbocycles. The van der Waals surface area contributed by atoms with Gasteiger partial charge in [-0.1, -0.05) is 18.2 Å². The van der Waals surface area contributed by atoms with E-state index in [0.717, 1.165) is 11.3 Å². The second-order valence-corrected chi connectivity index (χ2v) is 3.35. The number of rotatable bonds is 0. The zero-order valence-electron chi connectivity index (χ0n) is 7.94. The number of fused-ring (bicyclic) bond motifs is 2. The maximum atomic E-state index is 5.65. The van der Waals surface area contributed by atoms with Gasteiger partial charge in [-0.05, 0) is 18.2 Å². The minimum atomic E-state index is 0.382. The van der Waals surface area contributed by atoms with Gasteiger partial charge in [-0.3, -0.25) is 0 Å². The summed E-state index contributed by atoms with van der Waals surface area (Å²) in [6.45, 7) is 0. The average molecular weight is 199 g/mol. The van der Waals surface area contributed by atoms with Gasteiger partial charge in [0.2, 0.25) is 0 Å². The molecule has 0 saturated heterocycles.